The van der Waals surface area contributed by atoms with E-state index in [0.717, 1.165) is 28.9 Å². The number of aromatic nitrogens is 2. The summed E-state index contributed by atoms with van der Waals surface area (Å²) in [5.41, 5.74) is 4.22. The van der Waals surface area contributed by atoms with Crippen LogP contribution in [0.25, 0.3) is 22.0 Å². The molecule has 5 rings (SSSR count). The normalized spacial score (nSPS) is 18.6. The number of hydrogen-bond donors (Lipinski definition) is 0. The third-order valence-corrected chi connectivity index (χ3v) is 5.68. The Morgan fingerprint density at radius 3 is 2.52 bits per heavy atom. The Balaban J connectivity index is 1.58. The van der Waals surface area contributed by atoms with Gasteiger partial charge in [0.15, 0.2) is 5.79 Å². The van der Waals surface area contributed by atoms with Crippen LogP contribution in [0, 0.1) is 6.92 Å². The Morgan fingerprint density at radius 2 is 1.74 bits per heavy atom. The van der Waals surface area contributed by atoms with Crippen molar-refractivity contribution in [2.75, 3.05) is 13.2 Å². The van der Waals surface area contributed by atoms with Gasteiger partial charge in [-0.25, -0.2) is 4.98 Å². The maximum atomic E-state index is 13.1. The van der Waals surface area contributed by atoms with E-state index in [2.05, 4.69) is 31.2 Å². The molecule has 1 saturated heterocycles. The zero-order valence-electron chi connectivity index (χ0n) is 15.4. The van der Waals surface area contributed by atoms with Crippen LogP contribution in [0.4, 0.5) is 0 Å². The van der Waals surface area contributed by atoms with E-state index in [0.29, 0.717) is 38.0 Å². The summed E-state index contributed by atoms with van der Waals surface area (Å²) < 4.78 is 13.5. The average Bonchev–Trinajstić information content (AvgIpc) is 3.07. The molecule has 0 radical (unpaired) electrons. The summed E-state index contributed by atoms with van der Waals surface area (Å²) >= 11 is 0. The summed E-state index contributed by atoms with van der Waals surface area (Å²) in [7, 11) is 0. The maximum Gasteiger partial charge on any atom is 0.261 e. The van der Waals surface area contributed by atoms with Gasteiger partial charge in [0.25, 0.3) is 5.56 Å². The lowest BCUT2D eigenvalue weighted by molar-refractivity contribution is -0.165. The minimum Gasteiger partial charge on any atom is -0.347 e. The molecule has 0 unspecified atom stereocenters. The zero-order valence-corrected chi connectivity index (χ0v) is 15.4. The van der Waals surface area contributed by atoms with Crippen LogP contribution in [-0.2, 0) is 22.4 Å². The van der Waals surface area contributed by atoms with Crippen LogP contribution in [0.1, 0.15) is 24.2 Å². The number of benzene rings is 2. The predicted octanol–water partition coefficient (Wildman–Crippen LogP) is 3.45. The highest BCUT2D eigenvalue weighted by atomic mass is 16.7. The first kappa shape index (κ1) is 16.7. The van der Waals surface area contributed by atoms with Gasteiger partial charge in [-0.2, -0.15) is 0 Å². The molecule has 27 heavy (non-hydrogen) atoms. The molecule has 0 bridgehead atoms. The highest BCUT2D eigenvalue weighted by Crippen LogP contribution is 2.32. The third kappa shape index (κ3) is 2.87. The van der Waals surface area contributed by atoms with E-state index in [-0.39, 0.29) is 5.56 Å². The van der Waals surface area contributed by atoms with Gasteiger partial charge in [-0.15, -0.1) is 0 Å². The molecule has 3 heterocycles. The van der Waals surface area contributed by atoms with Gasteiger partial charge in [-0.3, -0.25) is 9.36 Å². The monoisotopic (exact) mass is 362 g/mol. The van der Waals surface area contributed by atoms with Crippen molar-refractivity contribution in [2.45, 2.75) is 38.5 Å². The van der Waals surface area contributed by atoms with E-state index < -0.39 is 5.79 Å². The molecule has 0 atom stereocenters. The van der Waals surface area contributed by atoms with Gasteiger partial charge in [-0.05, 0) is 30.2 Å². The number of rotatable bonds is 1. The van der Waals surface area contributed by atoms with Gasteiger partial charge in [0, 0.05) is 25.8 Å². The minimum absolute atomic E-state index is 0.0282. The molecule has 1 spiro atoms. The average molecular weight is 362 g/mol. The summed E-state index contributed by atoms with van der Waals surface area (Å²) in [4.78, 5) is 17.9. The fourth-order valence-corrected chi connectivity index (χ4v) is 4.11. The second kappa shape index (κ2) is 6.29. The molecule has 0 amide bonds. The Labute approximate surface area is 157 Å². The van der Waals surface area contributed by atoms with Crippen molar-refractivity contribution in [2.24, 2.45) is 0 Å². The molecule has 5 heteroatoms. The standard InChI is InChI=1S/C22H22N2O3/c1-15-2-4-16(5-3-15)17-6-7-18-19(14-17)23-20-8-9-22(26-12-13-27-22)10-11-24(20)21(18)25/h2-7,14H,8-13H2,1H3. The van der Waals surface area contributed by atoms with E-state index in [4.69, 9.17) is 14.5 Å². The van der Waals surface area contributed by atoms with Gasteiger partial charge in [-0.1, -0.05) is 35.9 Å². The van der Waals surface area contributed by atoms with Crippen molar-refractivity contribution < 1.29 is 9.47 Å². The van der Waals surface area contributed by atoms with Crippen LogP contribution >= 0.6 is 0 Å². The van der Waals surface area contributed by atoms with Crippen molar-refractivity contribution >= 4 is 10.9 Å². The van der Waals surface area contributed by atoms with E-state index in [1.54, 1.807) is 4.57 Å². The van der Waals surface area contributed by atoms with E-state index in [1.807, 2.05) is 18.2 Å². The molecule has 2 aliphatic rings. The molecule has 0 saturated carbocycles. The van der Waals surface area contributed by atoms with Crippen molar-refractivity contribution in [1.29, 1.82) is 0 Å². The molecule has 2 aromatic carbocycles. The van der Waals surface area contributed by atoms with Crippen LogP contribution in [0.15, 0.2) is 47.3 Å². The molecular formula is C22H22N2O3. The first-order valence-corrected chi connectivity index (χ1v) is 9.52. The highest BCUT2D eigenvalue weighted by Gasteiger charge is 2.38. The van der Waals surface area contributed by atoms with Gasteiger partial charge >= 0.3 is 0 Å². The summed E-state index contributed by atoms with van der Waals surface area (Å²) in [5, 5.41) is 0.666. The van der Waals surface area contributed by atoms with Crippen molar-refractivity contribution in [3.63, 3.8) is 0 Å². The lowest BCUT2D eigenvalue weighted by Crippen LogP contribution is -2.31. The fraction of sp³-hybridized carbons (Fsp3) is 0.364. The van der Waals surface area contributed by atoms with Crippen molar-refractivity contribution in [3.8, 4) is 11.1 Å². The maximum absolute atomic E-state index is 13.1. The first-order chi connectivity index (χ1) is 13.1. The Bertz CT molecular complexity index is 1060. The minimum atomic E-state index is -0.542. The summed E-state index contributed by atoms with van der Waals surface area (Å²) in [5.74, 6) is 0.281. The van der Waals surface area contributed by atoms with Crippen LogP contribution in [-0.4, -0.2) is 28.6 Å². The molecule has 5 nitrogen and oxygen atoms in total. The smallest absolute Gasteiger partial charge is 0.261 e. The molecule has 1 aromatic heterocycles. The second-order valence-corrected chi connectivity index (χ2v) is 7.44. The van der Waals surface area contributed by atoms with Crippen LogP contribution < -0.4 is 5.56 Å². The number of fused-ring (bicyclic) bond motifs is 2. The summed E-state index contributed by atoms with van der Waals surface area (Å²) in [6, 6.07) is 14.3. The molecule has 0 N–H and O–H groups in total. The first-order valence-electron chi connectivity index (χ1n) is 9.52. The molecule has 138 valence electrons. The van der Waals surface area contributed by atoms with Gasteiger partial charge in [0.2, 0.25) is 0 Å². The lowest BCUT2D eigenvalue weighted by atomic mass is 10.0. The van der Waals surface area contributed by atoms with Crippen LogP contribution in [0.5, 0.6) is 0 Å². The number of hydrogen-bond acceptors (Lipinski definition) is 4. The fourth-order valence-electron chi connectivity index (χ4n) is 4.11. The van der Waals surface area contributed by atoms with E-state index >= 15 is 0 Å². The van der Waals surface area contributed by atoms with Crippen molar-refractivity contribution in [3.05, 3.63) is 64.2 Å². The van der Waals surface area contributed by atoms with Crippen LogP contribution in [0.2, 0.25) is 0 Å². The Hall–Kier alpha value is -2.50. The second-order valence-electron chi connectivity index (χ2n) is 7.44. The van der Waals surface area contributed by atoms with Gasteiger partial charge < -0.3 is 9.47 Å². The number of aryl methyl sites for hydroxylation is 2. The molecule has 2 aliphatic heterocycles. The Kier molecular flexibility index (Phi) is 3.88. The largest absolute Gasteiger partial charge is 0.347 e. The molecule has 3 aromatic rings. The molecular weight excluding hydrogens is 340 g/mol. The Morgan fingerprint density at radius 1 is 1.00 bits per heavy atom. The van der Waals surface area contributed by atoms with Crippen molar-refractivity contribution in [1.82, 2.24) is 9.55 Å². The quantitative estimate of drug-likeness (QED) is 0.665. The number of nitrogens with zero attached hydrogens (tertiary/aromatic N) is 2. The summed E-state index contributed by atoms with van der Waals surface area (Å²) in [6.07, 6.45) is 2.11. The molecule has 0 aliphatic carbocycles. The van der Waals surface area contributed by atoms with Gasteiger partial charge in [0.1, 0.15) is 5.82 Å². The SMILES string of the molecule is Cc1ccc(-c2ccc3c(=O)n4c(nc3c2)CCC2(CC4)OCCO2)cc1. The zero-order chi connectivity index (χ0) is 18.4. The van der Waals surface area contributed by atoms with Crippen LogP contribution in [0.3, 0.4) is 0 Å². The highest BCUT2D eigenvalue weighted by molar-refractivity contribution is 5.83. The van der Waals surface area contributed by atoms with E-state index in [9.17, 15) is 4.79 Å². The predicted molar refractivity (Wildman–Crippen MR) is 104 cm³/mol. The topological polar surface area (TPSA) is 53.4 Å². The van der Waals surface area contributed by atoms with Gasteiger partial charge in [0.05, 0.1) is 24.1 Å². The van der Waals surface area contributed by atoms with E-state index in [1.165, 1.54) is 5.56 Å². The number of ether oxygens (including phenoxy) is 2. The lowest BCUT2D eigenvalue weighted by Gasteiger charge is -2.24. The third-order valence-electron chi connectivity index (χ3n) is 5.68. The summed E-state index contributed by atoms with van der Waals surface area (Å²) in [6.45, 7) is 3.91. The molecule has 1 fully saturated rings.